The monoisotopic (exact) mass is 402 g/mol. The van der Waals surface area contributed by atoms with E-state index in [0.29, 0.717) is 12.1 Å². The Bertz CT molecular complexity index is 1140. The third kappa shape index (κ3) is 3.83. The first-order valence-corrected chi connectivity index (χ1v) is 10.0. The van der Waals surface area contributed by atoms with E-state index in [-0.39, 0.29) is 17.4 Å². The van der Waals surface area contributed by atoms with Gasteiger partial charge in [0, 0.05) is 23.5 Å². The fourth-order valence-electron chi connectivity index (χ4n) is 3.79. The second-order valence-electron chi connectivity index (χ2n) is 7.66. The van der Waals surface area contributed by atoms with Crippen molar-refractivity contribution in [3.8, 4) is 0 Å². The normalized spacial score (nSPS) is 13.0. The first kappa shape index (κ1) is 19.8. The smallest absolute Gasteiger partial charge is 0.261 e. The molecule has 4 rings (SSSR count). The summed E-state index contributed by atoms with van der Waals surface area (Å²) in [4.78, 5) is 27.3. The zero-order valence-electron chi connectivity index (χ0n) is 17.0. The molecular weight excluding hydrogens is 379 g/mol. The largest absolute Gasteiger partial charge is 0.322 e. The van der Waals surface area contributed by atoms with Crippen LogP contribution in [0.2, 0.25) is 0 Å². The molecule has 1 heterocycles. The first-order chi connectivity index (χ1) is 14.4. The predicted octanol–water partition coefficient (Wildman–Crippen LogP) is 5.29. The van der Waals surface area contributed by atoms with E-state index in [1.807, 2.05) is 38.1 Å². The summed E-state index contributed by atoms with van der Waals surface area (Å²) in [6.45, 7) is 4.46. The summed E-state index contributed by atoms with van der Waals surface area (Å²) in [5, 5.41) is 2.97. The van der Waals surface area contributed by atoms with E-state index < -0.39 is 5.82 Å². The van der Waals surface area contributed by atoms with E-state index in [1.54, 1.807) is 29.2 Å². The Morgan fingerprint density at radius 1 is 1.00 bits per heavy atom. The Labute approximate surface area is 175 Å². The number of carbonyl (C=O) groups is 2. The third-order valence-corrected chi connectivity index (χ3v) is 5.45. The van der Waals surface area contributed by atoms with Crippen molar-refractivity contribution in [3.63, 3.8) is 0 Å². The number of anilines is 2. The van der Waals surface area contributed by atoms with Gasteiger partial charge in [-0.3, -0.25) is 9.59 Å². The van der Waals surface area contributed by atoms with Crippen LogP contribution in [0.1, 0.15) is 43.8 Å². The van der Waals surface area contributed by atoms with E-state index in [2.05, 4.69) is 5.32 Å². The van der Waals surface area contributed by atoms with Crippen LogP contribution in [0.3, 0.4) is 0 Å². The van der Waals surface area contributed by atoms with Gasteiger partial charge in [0.2, 0.25) is 0 Å². The van der Waals surface area contributed by atoms with Crippen LogP contribution in [-0.4, -0.2) is 18.4 Å². The lowest BCUT2D eigenvalue weighted by atomic mass is 9.98. The average Bonchev–Trinajstić information content (AvgIpc) is 2.75. The average molecular weight is 402 g/mol. The molecule has 152 valence electrons. The minimum atomic E-state index is -0.529. The molecule has 0 fully saturated rings. The van der Waals surface area contributed by atoms with Crippen molar-refractivity contribution in [1.29, 1.82) is 0 Å². The minimum Gasteiger partial charge on any atom is -0.322 e. The van der Waals surface area contributed by atoms with Gasteiger partial charge in [0.25, 0.3) is 11.8 Å². The quantitative estimate of drug-likeness (QED) is 0.647. The molecule has 0 atom stereocenters. The van der Waals surface area contributed by atoms with Gasteiger partial charge in [-0.1, -0.05) is 24.3 Å². The number of hydrogen-bond acceptors (Lipinski definition) is 2. The molecule has 0 saturated carbocycles. The number of fused-ring (bicyclic) bond motifs is 1. The number of hydrogen-bond donors (Lipinski definition) is 1. The molecule has 0 bridgehead atoms. The van der Waals surface area contributed by atoms with Crippen LogP contribution in [0.5, 0.6) is 0 Å². The maximum atomic E-state index is 14.1. The number of nitrogens with one attached hydrogen (secondary N) is 1. The highest BCUT2D eigenvalue weighted by Gasteiger charge is 2.26. The summed E-state index contributed by atoms with van der Waals surface area (Å²) < 4.78 is 14.1. The molecule has 0 radical (unpaired) electrons. The molecule has 0 aliphatic carbocycles. The maximum absolute atomic E-state index is 14.1. The SMILES string of the molecule is Cc1ccc(C)c(NC(=O)c2ccc3c(c2)CCCN3C(=O)c2ccccc2F)c1. The molecular formula is C25H23FN2O2. The molecule has 3 aromatic carbocycles. The molecule has 2 amide bonds. The van der Waals surface area contributed by atoms with Crippen LogP contribution in [0, 0.1) is 19.7 Å². The molecule has 0 aromatic heterocycles. The van der Waals surface area contributed by atoms with Crippen molar-refractivity contribution in [2.45, 2.75) is 26.7 Å². The number of nitrogens with zero attached hydrogens (tertiary/aromatic N) is 1. The summed E-state index contributed by atoms with van der Waals surface area (Å²) in [5.74, 6) is -1.08. The number of halogens is 1. The van der Waals surface area contributed by atoms with Gasteiger partial charge >= 0.3 is 0 Å². The minimum absolute atomic E-state index is 0.0575. The highest BCUT2D eigenvalue weighted by Crippen LogP contribution is 2.30. The van der Waals surface area contributed by atoms with E-state index in [4.69, 9.17) is 0 Å². The Kier molecular flexibility index (Phi) is 5.36. The molecule has 1 N–H and O–H groups in total. The number of aryl methyl sites for hydroxylation is 3. The van der Waals surface area contributed by atoms with Gasteiger partial charge in [0.15, 0.2) is 0 Å². The summed E-state index contributed by atoms with van der Waals surface area (Å²) in [6.07, 6.45) is 1.52. The van der Waals surface area contributed by atoms with Gasteiger partial charge in [-0.2, -0.15) is 0 Å². The lowest BCUT2D eigenvalue weighted by Gasteiger charge is -2.30. The van der Waals surface area contributed by atoms with Crippen LogP contribution in [0.25, 0.3) is 0 Å². The second-order valence-corrected chi connectivity index (χ2v) is 7.66. The Morgan fingerprint density at radius 3 is 2.60 bits per heavy atom. The topological polar surface area (TPSA) is 49.4 Å². The van der Waals surface area contributed by atoms with Crippen molar-refractivity contribution in [2.24, 2.45) is 0 Å². The molecule has 0 unspecified atom stereocenters. The van der Waals surface area contributed by atoms with E-state index in [0.717, 1.165) is 40.9 Å². The van der Waals surface area contributed by atoms with E-state index in [1.165, 1.54) is 12.1 Å². The lowest BCUT2D eigenvalue weighted by Crippen LogP contribution is -2.36. The predicted molar refractivity (Wildman–Crippen MR) is 117 cm³/mol. The van der Waals surface area contributed by atoms with Crippen LogP contribution >= 0.6 is 0 Å². The highest BCUT2D eigenvalue weighted by molar-refractivity contribution is 6.08. The van der Waals surface area contributed by atoms with Crippen LogP contribution in [0.15, 0.2) is 60.7 Å². The zero-order valence-corrected chi connectivity index (χ0v) is 17.0. The van der Waals surface area contributed by atoms with E-state index >= 15 is 0 Å². The van der Waals surface area contributed by atoms with Gasteiger partial charge in [0.1, 0.15) is 5.82 Å². The van der Waals surface area contributed by atoms with E-state index in [9.17, 15) is 14.0 Å². The second kappa shape index (κ2) is 8.11. The van der Waals surface area contributed by atoms with Crippen molar-refractivity contribution < 1.29 is 14.0 Å². The van der Waals surface area contributed by atoms with Crippen molar-refractivity contribution in [1.82, 2.24) is 0 Å². The number of carbonyl (C=O) groups excluding carboxylic acids is 2. The van der Waals surface area contributed by atoms with Gasteiger partial charge in [0.05, 0.1) is 5.56 Å². The first-order valence-electron chi connectivity index (χ1n) is 10.0. The summed E-state index contributed by atoms with van der Waals surface area (Å²) >= 11 is 0. The van der Waals surface area contributed by atoms with Crippen molar-refractivity contribution in [2.75, 3.05) is 16.8 Å². The van der Waals surface area contributed by atoms with Crippen LogP contribution < -0.4 is 10.2 Å². The van der Waals surface area contributed by atoms with Crippen LogP contribution in [0.4, 0.5) is 15.8 Å². The Balaban J connectivity index is 1.60. The maximum Gasteiger partial charge on any atom is 0.261 e. The number of rotatable bonds is 3. The third-order valence-electron chi connectivity index (χ3n) is 5.45. The highest BCUT2D eigenvalue weighted by atomic mass is 19.1. The summed E-state index contributed by atoms with van der Waals surface area (Å²) in [7, 11) is 0. The molecule has 5 heteroatoms. The van der Waals surface area contributed by atoms with Gasteiger partial charge in [-0.25, -0.2) is 4.39 Å². The van der Waals surface area contributed by atoms with Crippen LogP contribution in [-0.2, 0) is 6.42 Å². The van der Waals surface area contributed by atoms with Gasteiger partial charge < -0.3 is 10.2 Å². The molecule has 1 aliphatic heterocycles. The summed E-state index contributed by atoms with van der Waals surface area (Å²) in [5.41, 5.74) is 5.10. The Morgan fingerprint density at radius 2 is 1.80 bits per heavy atom. The van der Waals surface area contributed by atoms with Gasteiger partial charge in [-0.15, -0.1) is 0 Å². The fourth-order valence-corrected chi connectivity index (χ4v) is 3.79. The Hall–Kier alpha value is -3.47. The standard InChI is InChI=1S/C25H23FN2O2/c1-16-9-10-17(2)22(14-16)27-24(29)19-11-12-23-18(15-19)6-5-13-28(23)25(30)20-7-3-4-8-21(20)26/h3-4,7-12,14-15H,5-6,13H2,1-2H3,(H,27,29). The molecule has 30 heavy (non-hydrogen) atoms. The summed E-state index contributed by atoms with van der Waals surface area (Å²) in [6, 6.07) is 17.3. The molecule has 4 nitrogen and oxygen atoms in total. The van der Waals surface area contributed by atoms with Gasteiger partial charge in [-0.05, 0) is 79.8 Å². The lowest BCUT2D eigenvalue weighted by molar-refractivity contribution is 0.0980. The van der Waals surface area contributed by atoms with Crippen molar-refractivity contribution in [3.05, 3.63) is 94.3 Å². The molecule has 3 aromatic rings. The zero-order chi connectivity index (χ0) is 21.3. The van der Waals surface area contributed by atoms with Crippen molar-refractivity contribution >= 4 is 23.2 Å². The molecule has 0 spiro atoms. The fraction of sp³-hybridized carbons (Fsp3) is 0.200. The molecule has 0 saturated heterocycles. The molecule has 1 aliphatic rings. The number of benzene rings is 3. The number of amides is 2.